The van der Waals surface area contributed by atoms with Crippen LogP contribution in [0.4, 0.5) is 10.1 Å². The average molecular weight is 479 g/mol. The Morgan fingerprint density at radius 3 is 2.69 bits per heavy atom. The van der Waals surface area contributed by atoms with Crippen LogP contribution < -0.4 is 10.9 Å². The van der Waals surface area contributed by atoms with Crippen molar-refractivity contribution in [2.24, 2.45) is 0 Å². The Labute approximate surface area is 206 Å². The van der Waals surface area contributed by atoms with Crippen LogP contribution in [0.5, 0.6) is 5.75 Å². The van der Waals surface area contributed by atoms with E-state index in [-0.39, 0.29) is 16.7 Å². The van der Waals surface area contributed by atoms with E-state index in [1.165, 1.54) is 6.07 Å². The van der Waals surface area contributed by atoms with Gasteiger partial charge in [-0.1, -0.05) is 39.8 Å². The fraction of sp³-hybridized carbons (Fsp3) is 0.429. The number of aromatic nitrogens is 2. The molecule has 4 rings (SSSR count). The summed E-state index contributed by atoms with van der Waals surface area (Å²) in [6.45, 7) is 12.5. The first kappa shape index (κ1) is 24.9. The highest BCUT2D eigenvalue weighted by molar-refractivity contribution is 5.87. The summed E-state index contributed by atoms with van der Waals surface area (Å²) in [7, 11) is 0. The molecule has 0 spiro atoms. The first-order valence-electron chi connectivity index (χ1n) is 12.6. The average Bonchev–Trinajstić information content (AvgIpc) is 3.24. The largest absolute Gasteiger partial charge is 0.507 e. The molecule has 0 aliphatic carbocycles. The Kier molecular flexibility index (Phi) is 7.55. The van der Waals surface area contributed by atoms with Gasteiger partial charge in [0.05, 0.1) is 16.6 Å². The maximum absolute atomic E-state index is 14.8. The van der Waals surface area contributed by atoms with Crippen molar-refractivity contribution in [2.75, 3.05) is 31.5 Å². The number of hydrogen-bond acceptors (Lipinski definition) is 5. The molecule has 0 fully saturated rings. The Morgan fingerprint density at radius 2 is 2.00 bits per heavy atom. The number of nitrogens with zero attached hydrogens (tertiary/aromatic N) is 3. The Bertz CT molecular complexity index is 1310. The Morgan fingerprint density at radius 1 is 1.23 bits per heavy atom. The molecule has 35 heavy (non-hydrogen) atoms. The van der Waals surface area contributed by atoms with Gasteiger partial charge in [-0.15, -0.1) is 0 Å². The van der Waals surface area contributed by atoms with E-state index >= 15 is 0 Å². The molecular formula is C28H35FN4O2. The van der Waals surface area contributed by atoms with Crippen LogP contribution in [0.15, 0.2) is 35.1 Å². The third-order valence-electron chi connectivity index (χ3n) is 6.85. The number of benzene rings is 2. The smallest absolute Gasteiger partial charge is 0.261 e. The van der Waals surface area contributed by atoms with Gasteiger partial charge >= 0.3 is 0 Å². The highest BCUT2D eigenvalue weighted by Gasteiger charge is 2.22. The van der Waals surface area contributed by atoms with Crippen molar-refractivity contribution < 1.29 is 9.50 Å². The van der Waals surface area contributed by atoms with Crippen LogP contribution in [0.1, 0.15) is 63.4 Å². The van der Waals surface area contributed by atoms with Crippen molar-refractivity contribution in [3.05, 3.63) is 63.5 Å². The first-order valence-corrected chi connectivity index (χ1v) is 12.6. The summed E-state index contributed by atoms with van der Waals surface area (Å²) in [5.41, 5.74) is 3.24. The molecule has 1 aliphatic rings. The second kappa shape index (κ2) is 10.6. The van der Waals surface area contributed by atoms with Gasteiger partial charge in [-0.25, -0.2) is 9.37 Å². The number of rotatable bonds is 9. The van der Waals surface area contributed by atoms with Crippen molar-refractivity contribution in [3.8, 4) is 5.75 Å². The third kappa shape index (κ3) is 5.25. The van der Waals surface area contributed by atoms with Crippen molar-refractivity contribution in [3.63, 3.8) is 0 Å². The summed E-state index contributed by atoms with van der Waals surface area (Å²) in [6.07, 6.45) is 3.42. The molecule has 2 aromatic carbocycles. The summed E-state index contributed by atoms with van der Waals surface area (Å²) in [5, 5.41) is 14.0. The van der Waals surface area contributed by atoms with Crippen LogP contribution in [0.2, 0.25) is 0 Å². The van der Waals surface area contributed by atoms with Gasteiger partial charge < -0.3 is 15.3 Å². The predicted octanol–water partition coefficient (Wildman–Crippen LogP) is 5.45. The summed E-state index contributed by atoms with van der Waals surface area (Å²) in [6, 6.07) is 8.62. The van der Waals surface area contributed by atoms with Gasteiger partial charge in [0.25, 0.3) is 5.56 Å². The SMILES string of the molecule is CCN(CC)CCCNc1cc2nc3n(c(=O)c2cc1F)CC/C3=C\c1ccc(C(C)C)cc1O. The second-order valence-corrected chi connectivity index (χ2v) is 9.44. The van der Waals surface area contributed by atoms with E-state index in [1.54, 1.807) is 16.7 Å². The summed E-state index contributed by atoms with van der Waals surface area (Å²) in [5.74, 6) is 0.669. The second-order valence-electron chi connectivity index (χ2n) is 9.44. The zero-order valence-electron chi connectivity index (χ0n) is 21.1. The van der Waals surface area contributed by atoms with Crippen LogP contribution in [-0.4, -0.2) is 45.7 Å². The topological polar surface area (TPSA) is 70.4 Å². The van der Waals surface area contributed by atoms with E-state index in [9.17, 15) is 14.3 Å². The molecule has 1 aromatic heterocycles. The van der Waals surface area contributed by atoms with Crippen LogP contribution in [0.25, 0.3) is 22.6 Å². The Hall–Kier alpha value is -3.19. The summed E-state index contributed by atoms with van der Waals surface area (Å²) < 4.78 is 16.4. The lowest BCUT2D eigenvalue weighted by Crippen LogP contribution is -2.25. The monoisotopic (exact) mass is 478 g/mol. The number of halogens is 1. The molecule has 2 N–H and O–H groups in total. The minimum Gasteiger partial charge on any atom is -0.507 e. The lowest BCUT2D eigenvalue weighted by atomic mass is 10.00. The number of anilines is 1. The van der Waals surface area contributed by atoms with Crippen LogP contribution in [0, 0.1) is 5.82 Å². The zero-order chi connectivity index (χ0) is 25.1. The quantitative estimate of drug-likeness (QED) is 0.400. The molecule has 0 saturated heterocycles. The van der Waals surface area contributed by atoms with E-state index in [4.69, 9.17) is 4.98 Å². The number of phenols is 1. The molecule has 3 aromatic rings. The Balaban J connectivity index is 1.63. The number of fused-ring (bicyclic) bond motifs is 2. The van der Waals surface area contributed by atoms with Gasteiger partial charge in [0, 0.05) is 18.7 Å². The molecule has 0 unspecified atom stereocenters. The number of nitrogens with one attached hydrogen (secondary N) is 1. The van der Waals surface area contributed by atoms with E-state index in [2.05, 4.69) is 37.9 Å². The molecule has 0 saturated carbocycles. The lowest BCUT2D eigenvalue weighted by molar-refractivity contribution is 0.303. The van der Waals surface area contributed by atoms with E-state index in [0.29, 0.717) is 48.0 Å². The zero-order valence-corrected chi connectivity index (χ0v) is 21.1. The minimum atomic E-state index is -0.441. The minimum absolute atomic E-state index is 0.212. The van der Waals surface area contributed by atoms with Crippen molar-refractivity contribution in [1.29, 1.82) is 0 Å². The predicted molar refractivity (Wildman–Crippen MR) is 142 cm³/mol. The van der Waals surface area contributed by atoms with Gasteiger partial charge in [-0.3, -0.25) is 9.36 Å². The summed E-state index contributed by atoms with van der Waals surface area (Å²) >= 11 is 0. The standard InChI is InChI=1S/C28H35FN4O2/c1-5-32(6-2)12-7-11-30-25-17-24-22(16-23(25)29)28(35)33-13-10-21(27(33)31-24)14-20-9-8-19(18(3)4)15-26(20)34/h8-9,14-18,30,34H,5-7,10-13H2,1-4H3/b21-14+. The van der Waals surface area contributed by atoms with E-state index in [1.807, 2.05) is 18.2 Å². The molecule has 6 nitrogen and oxygen atoms in total. The maximum Gasteiger partial charge on any atom is 0.261 e. The normalized spacial score (nSPS) is 14.4. The molecule has 0 amide bonds. The first-order chi connectivity index (χ1) is 16.8. The van der Waals surface area contributed by atoms with Gasteiger partial charge in [-0.05, 0) is 73.8 Å². The highest BCUT2D eigenvalue weighted by Crippen LogP contribution is 2.32. The number of allylic oxidation sites excluding steroid dienone is 1. The van der Waals surface area contributed by atoms with Crippen LogP contribution in [0.3, 0.4) is 0 Å². The van der Waals surface area contributed by atoms with Crippen molar-refractivity contribution in [1.82, 2.24) is 14.5 Å². The molecule has 0 atom stereocenters. The third-order valence-corrected chi connectivity index (χ3v) is 6.85. The number of phenolic OH excluding ortho intramolecular Hbond substituents is 1. The lowest BCUT2D eigenvalue weighted by Gasteiger charge is -2.18. The highest BCUT2D eigenvalue weighted by atomic mass is 19.1. The summed E-state index contributed by atoms with van der Waals surface area (Å²) in [4.78, 5) is 20.2. The van der Waals surface area contributed by atoms with E-state index < -0.39 is 5.82 Å². The molecule has 0 bridgehead atoms. The molecule has 1 aliphatic heterocycles. The van der Waals surface area contributed by atoms with Gasteiger partial charge in [-0.2, -0.15) is 0 Å². The molecular weight excluding hydrogens is 443 g/mol. The maximum atomic E-state index is 14.8. The number of aromatic hydroxyl groups is 1. The molecule has 7 heteroatoms. The van der Waals surface area contributed by atoms with Gasteiger partial charge in [0.15, 0.2) is 0 Å². The number of hydrogen-bond donors (Lipinski definition) is 2. The van der Waals surface area contributed by atoms with Gasteiger partial charge in [0.2, 0.25) is 0 Å². The molecule has 186 valence electrons. The van der Waals surface area contributed by atoms with Crippen LogP contribution in [-0.2, 0) is 6.54 Å². The van der Waals surface area contributed by atoms with Gasteiger partial charge in [0.1, 0.15) is 17.4 Å². The van der Waals surface area contributed by atoms with Crippen molar-refractivity contribution in [2.45, 2.75) is 53.0 Å². The van der Waals surface area contributed by atoms with Crippen molar-refractivity contribution >= 4 is 28.2 Å². The fourth-order valence-electron chi connectivity index (χ4n) is 4.61. The fourth-order valence-corrected chi connectivity index (χ4v) is 4.61. The molecule has 0 radical (unpaired) electrons. The van der Waals surface area contributed by atoms with Crippen LogP contribution >= 0.6 is 0 Å². The van der Waals surface area contributed by atoms with E-state index in [0.717, 1.165) is 37.2 Å². The molecule has 2 heterocycles.